The summed E-state index contributed by atoms with van der Waals surface area (Å²) >= 11 is 1.93. The van der Waals surface area contributed by atoms with E-state index in [1.165, 1.54) is 0 Å². The molecule has 0 radical (unpaired) electrons. The molecule has 0 saturated carbocycles. The number of likely N-dealkylation sites (tertiary alicyclic amines) is 1. The molecule has 16 heavy (non-hydrogen) atoms. The number of rotatable bonds is 7. The lowest BCUT2D eigenvalue weighted by Gasteiger charge is -2.24. The molecule has 0 aliphatic carbocycles. The van der Waals surface area contributed by atoms with Crippen LogP contribution in [0.4, 0.5) is 0 Å². The molecule has 1 unspecified atom stereocenters. The molecule has 0 amide bonds. The zero-order chi connectivity index (χ0) is 12.0. The van der Waals surface area contributed by atoms with Gasteiger partial charge in [-0.05, 0) is 25.1 Å². The summed E-state index contributed by atoms with van der Waals surface area (Å²) in [7, 11) is 0. The maximum absolute atomic E-state index is 11.4. The molecular weight excluding hydrogens is 222 g/mol. The van der Waals surface area contributed by atoms with E-state index in [9.17, 15) is 9.90 Å². The van der Waals surface area contributed by atoms with Crippen molar-refractivity contribution in [2.45, 2.75) is 33.1 Å². The van der Waals surface area contributed by atoms with Gasteiger partial charge in [-0.15, -0.1) is 0 Å². The summed E-state index contributed by atoms with van der Waals surface area (Å²) in [6.45, 7) is 6.97. The van der Waals surface area contributed by atoms with Crippen LogP contribution in [0.25, 0.3) is 0 Å². The third kappa shape index (κ3) is 3.39. The fourth-order valence-electron chi connectivity index (χ4n) is 2.45. The molecule has 1 N–H and O–H groups in total. The summed E-state index contributed by atoms with van der Waals surface area (Å²) in [5, 5.41) is 9.35. The second kappa shape index (κ2) is 6.50. The summed E-state index contributed by atoms with van der Waals surface area (Å²) in [4.78, 5) is 13.7. The maximum Gasteiger partial charge on any atom is 0.310 e. The van der Waals surface area contributed by atoms with Crippen molar-refractivity contribution in [2.24, 2.45) is 5.41 Å². The molecule has 0 aromatic heterocycles. The van der Waals surface area contributed by atoms with Gasteiger partial charge in [0.05, 0.1) is 5.41 Å². The Kier molecular flexibility index (Phi) is 5.62. The number of hydrogen-bond acceptors (Lipinski definition) is 3. The van der Waals surface area contributed by atoms with Crippen molar-refractivity contribution in [3.63, 3.8) is 0 Å². The van der Waals surface area contributed by atoms with Gasteiger partial charge < -0.3 is 10.0 Å². The highest BCUT2D eigenvalue weighted by molar-refractivity contribution is 7.99. The molecule has 4 heteroatoms. The highest BCUT2D eigenvalue weighted by atomic mass is 32.2. The van der Waals surface area contributed by atoms with Crippen molar-refractivity contribution in [3.05, 3.63) is 0 Å². The van der Waals surface area contributed by atoms with Crippen molar-refractivity contribution in [1.82, 2.24) is 4.90 Å². The molecule has 1 atom stereocenters. The van der Waals surface area contributed by atoms with Gasteiger partial charge in [-0.3, -0.25) is 4.79 Å². The average Bonchev–Trinajstić information content (AvgIpc) is 2.64. The van der Waals surface area contributed by atoms with Crippen molar-refractivity contribution in [3.8, 4) is 0 Å². The standard InChI is InChI=1S/C12H23NO2S/c1-3-5-12(11(14)15)6-7-13(10-12)8-9-16-4-2/h3-10H2,1-2H3,(H,14,15). The van der Waals surface area contributed by atoms with Crippen LogP contribution < -0.4 is 0 Å². The number of carbonyl (C=O) groups is 1. The number of aliphatic carboxylic acids is 1. The zero-order valence-electron chi connectivity index (χ0n) is 10.4. The van der Waals surface area contributed by atoms with Crippen LogP contribution in [0.15, 0.2) is 0 Å². The average molecular weight is 245 g/mol. The first-order chi connectivity index (χ1) is 7.64. The minimum Gasteiger partial charge on any atom is -0.481 e. The second-order valence-corrected chi connectivity index (χ2v) is 5.95. The first kappa shape index (κ1) is 13.8. The van der Waals surface area contributed by atoms with E-state index in [1.807, 2.05) is 11.8 Å². The van der Waals surface area contributed by atoms with Crippen LogP contribution in [0.1, 0.15) is 33.1 Å². The molecule has 0 aromatic carbocycles. The molecule has 1 fully saturated rings. The summed E-state index contributed by atoms with van der Waals surface area (Å²) in [5.41, 5.74) is -0.453. The molecule has 3 nitrogen and oxygen atoms in total. The van der Waals surface area contributed by atoms with E-state index in [1.54, 1.807) is 0 Å². The largest absolute Gasteiger partial charge is 0.481 e. The lowest BCUT2D eigenvalue weighted by atomic mass is 9.83. The van der Waals surface area contributed by atoms with Crippen LogP contribution in [0.5, 0.6) is 0 Å². The normalized spacial score (nSPS) is 26.1. The smallest absolute Gasteiger partial charge is 0.310 e. The lowest BCUT2D eigenvalue weighted by Crippen LogP contribution is -2.35. The third-order valence-corrected chi connectivity index (χ3v) is 4.25. The molecule has 1 heterocycles. The van der Waals surface area contributed by atoms with E-state index in [0.717, 1.165) is 50.4 Å². The van der Waals surface area contributed by atoms with Crippen LogP contribution in [0.2, 0.25) is 0 Å². The fraction of sp³-hybridized carbons (Fsp3) is 0.917. The maximum atomic E-state index is 11.4. The topological polar surface area (TPSA) is 40.5 Å². The highest BCUT2D eigenvalue weighted by Gasteiger charge is 2.43. The molecular formula is C12H23NO2S. The van der Waals surface area contributed by atoms with Gasteiger partial charge in [0.1, 0.15) is 0 Å². The van der Waals surface area contributed by atoms with Gasteiger partial charge in [0.25, 0.3) is 0 Å². The van der Waals surface area contributed by atoms with Crippen LogP contribution in [0.3, 0.4) is 0 Å². The van der Waals surface area contributed by atoms with Crippen molar-refractivity contribution in [2.75, 3.05) is 31.1 Å². The Labute approximate surface area is 103 Å². The van der Waals surface area contributed by atoms with Crippen LogP contribution >= 0.6 is 11.8 Å². The Balaban J connectivity index is 2.43. The summed E-state index contributed by atoms with van der Waals surface area (Å²) in [5.74, 6) is 1.67. The van der Waals surface area contributed by atoms with Crippen LogP contribution in [-0.2, 0) is 4.79 Å². The predicted molar refractivity (Wildman–Crippen MR) is 69.0 cm³/mol. The molecule has 1 rings (SSSR count). The van der Waals surface area contributed by atoms with E-state index < -0.39 is 11.4 Å². The summed E-state index contributed by atoms with van der Waals surface area (Å²) in [6, 6.07) is 0. The lowest BCUT2D eigenvalue weighted by molar-refractivity contribution is -0.148. The first-order valence-electron chi connectivity index (χ1n) is 6.18. The van der Waals surface area contributed by atoms with Crippen molar-refractivity contribution < 1.29 is 9.90 Å². The Morgan fingerprint density at radius 1 is 1.50 bits per heavy atom. The second-order valence-electron chi connectivity index (χ2n) is 4.56. The molecule has 0 aromatic rings. The molecule has 0 bridgehead atoms. The zero-order valence-corrected chi connectivity index (χ0v) is 11.2. The van der Waals surface area contributed by atoms with E-state index >= 15 is 0 Å². The Morgan fingerprint density at radius 3 is 2.81 bits per heavy atom. The quantitative estimate of drug-likeness (QED) is 0.699. The first-order valence-corrected chi connectivity index (χ1v) is 7.33. The number of carboxylic acid groups (broad SMARTS) is 1. The number of carboxylic acids is 1. The molecule has 0 spiro atoms. The van der Waals surface area contributed by atoms with Crippen molar-refractivity contribution >= 4 is 17.7 Å². The van der Waals surface area contributed by atoms with Gasteiger partial charge >= 0.3 is 5.97 Å². The van der Waals surface area contributed by atoms with E-state index in [4.69, 9.17) is 0 Å². The van der Waals surface area contributed by atoms with Gasteiger partial charge in [-0.1, -0.05) is 20.3 Å². The van der Waals surface area contributed by atoms with E-state index in [-0.39, 0.29) is 0 Å². The van der Waals surface area contributed by atoms with Gasteiger partial charge in [-0.25, -0.2) is 0 Å². The minimum atomic E-state index is -0.597. The fourth-order valence-corrected chi connectivity index (χ4v) is 3.13. The summed E-state index contributed by atoms with van der Waals surface area (Å²) < 4.78 is 0. The molecule has 94 valence electrons. The third-order valence-electron chi connectivity index (χ3n) is 3.37. The van der Waals surface area contributed by atoms with E-state index in [0.29, 0.717) is 0 Å². The molecule has 1 aliphatic heterocycles. The van der Waals surface area contributed by atoms with Gasteiger partial charge in [0.15, 0.2) is 0 Å². The summed E-state index contributed by atoms with van der Waals surface area (Å²) in [6.07, 6.45) is 2.61. The van der Waals surface area contributed by atoms with Gasteiger partial charge in [0, 0.05) is 18.8 Å². The Bertz CT molecular complexity index is 235. The number of thioether (sulfide) groups is 1. The van der Waals surface area contributed by atoms with Gasteiger partial charge in [0.2, 0.25) is 0 Å². The van der Waals surface area contributed by atoms with E-state index in [2.05, 4.69) is 18.7 Å². The Hall–Kier alpha value is -0.220. The minimum absolute atomic E-state index is 0.453. The molecule has 1 aliphatic rings. The van der Waals surface area contributed by atoms with Crippen LogP contribution in [-0.4, -0.2) is 47.1 Å². The predicted octanol–water partition coefficient (Wildman–Crippen LogP) is 2.32. The number of hydrogen-bond donors (Lipinski definition) is 1. The SMILES string of the molecule is CCCC1(C(=O)O)CCN(CCSCC)C1. The van der Waals surface area contributed by atoms with Crippen LogP contribution in [0, 0.1) is 5.41 Å². The van der Waals surface area contributed by atoms with Gasteiger partial charge in [-0.2, -0.15) is 11.8 Å². The Morgan fingerprint density at radius 2 is 2.25 bits per heavy atom. The highest BCUT2D eigenvalue weighted by Crippen LogP contribution is 2.35. The number of nitrogens with zero attached hydrogens (tertiary/aromatic N) is 1. The molecule has 1 saturated heterocycles. The van der Waals surface area contributed by atoms with Crippen molar-refractivity contribution in [1.29, 1.82) is 0 Å². The monoisotopic (exact) mass is 245 g/mol.